The number of carboxylic acid groups (broad SMARTS) is 1. The van der Waals surface area contributed by atoms with Crippen molar-refractivity contribution in [1.29, 1.82) is 0 Å². The number of amides is 1. The summed E-state index contributed by atoms with van der Waals surface area (Å²) in [4.78, 5) is 44.1. The third-order valence-corrected chi connectivity index (χ3v) is 6.49. The van der Waals surface area contributed by atoms with Crippen molar-refractivity contribution in [3.8, 4) is 11.3 Å². The van der Waals surface area contributed by atoms with Gasteiger partial charge >= 0.3 is 5.97 Å². The summed E-state index contributed by atoms with van der Waals surface area (Å²) in [6.45, 7) is 5.28. The van der Waals surface area contributed by atoms with Crippen LogP contribution >= 0.6 is 11.6 Å². The number of aromatic nitrogens is 3. The molecule has 1 aliphatic heterocycles. The number of aliphatic carboxylic acids is 1. The number of nitrogens with one attached hydrogen (secondary N) is 1. The molecule has 10 nitrogen and oxygen atoms in total. The van der Waals surface area contributed by atoms with Crippen molar-refractivity contribution in [2.75, 3.05) is 11.4 Å². The number of nitrogens with zero attached hydrogens (tertiary/aromatic N) is 4. The first-order valence-corrected chi connectivity index (χ1v) is 11.6. The summed E-state index contributed by atoms with van der Waals surface area (Å²) >= 11 is 5.98. The van der Waals surface area contributed by atoms with Crippen molar-refractivity contribution in [2.24, 2.45) is 12.5 Å². The molecule has 2 aromatic heterocycles. The fourth-order valence-electron chi connectivity index (χ4n) is 4.39. The van der Waals surface area contributed by atoms with E-state index in [1.807, 2.05) is 0 Å². The smallest absolute Gasteiger partial charge is 0.326 e. The van der Waals surface area contributed by atoms with E-state index in [1.165, 1.54) is 10.5 Å². The number of hydrogen-bond donors (Lipinski definition) is 3. The average molecular weight is 502 g/mol. The van der Waals surface area contributed by atoms with Crippen molar-refractivity contribution in [1.82, 2.24) is 19.3 Å². The van der Waals surface area contributed by atoms with Crippen LogP contribution in [0.4, 0.5) is 5.82 Å². The molecular formula is C24H28ClN5O5. The number of aliphatic hydroxyl groups is 1. The minimum Gasteiger partial charge on any atom is -0.480 e. The van der Waals surface area contributed by atoms with Gasteiger partial charge in [-0.1, -0.05) is 44.5 Å². The maximum atomic E-state index is 13.2. The van der Waals surface area contributed by atoms with E-state index < -0.39 is 35.5 Å². The molecule has 35 heavy (non-hydrogen) atoms. The van der Waals surface area contributed by atoms with E-state index in [1.54, 1.807) is 67.7 Å². The lowest BCUT2D eigenvalue weighted by molar-refractivity contribution is -0.145. The zero-order chi connectivity index (χ0) is 25.7. The van der Waals surface area contributed by atoms with Gasteiger partial charge in [0.1, 0.15) is 17.9 Å². The Morgan fingerprint density at radius 1 is 1.23 bits per heavy atom. The van der Waals surface area contributed by atoms with Gasteiger partial charge in [-0.25, -0.2) is 9.78 Å². The summed E-state index contributed by atoms with van der Waals surface area (Å²) in [6, 6.07) is 6.50. The predicted octanol–water partition coefficient (Wildman–Crippen LogP) is 1.91. The lowest BCUT2D eigenvalue weighted by atomic mass is 9.86. The molecule has 0 spiro atoms. The fourth-order valence-corrected chi connectivity index (χ4v) is 4.51. The maximum absolute atomic E-state index is 13.2. The van der Waals surface area contributed by atoms with Crippen LogP contribution in [0.3, 0.4) is 0 Å². The van der Waals surface area contributed by atoms with Crippen molar-refractivity contribution in [2.45, 2.75) is 45.4 Å². The Kier molecular flexibility index (Phi) is 6.37. The Morgan fingerprint density at radius 2 is 1.89 bits per heavy atom. The minimum absolute atomic E-state index is 0.103. The summed E-state index contributed by atoms with van der Waals surface area (Å²) in [7, 11) is 1.72. The molecule has 1 saturated heterocycles. The van der Waals surface area contributed by atoms with Crippen molar-refractivity contribution in [3.63, 3.8) is 0 Å². The number of fused-ring (bicyclic) bond motifs is 1. The van der Waals surface area contributed by atoms with Crippen LogP contribution in [0.1, 0.15) is 27.2 Å². The Bertz CT molecular complexity index is 1340. The largest absolute Gasteiger partial charge is 0.480 e. The van der Waals surface area contributed by atoms with E-state index >= 15 is 0 Å². The molecule has 1 aromatic carbocycles. The first-order chi connectivity index (χ1) is 16.4. The zero-order valence-corrected chi connectivity index (χ0v) is 20.7. The molecule has 0 saturated carbocycles. The van der Waals surface area contributed by atoms with Crippen LogP contribution in [0.2, 0.25) is 5.02 Å². The number of aliphatic hydroxyl groups excluding tert-OH is 1. The second kappa shape index (κ2) is 9.01. The molecule has 4 rings (SSSR count). The number of benzene rings is 1. The molecule has 3 aromatic rings. The Hall–Kier alpha value is -3.37. The lowest BCUT2D eigenvalue weighted by Gasteiger charge is -2.32. The third-order valence-electron chi connectivity index (χ3n) is 6.24. The summed E-state index contributed by atoms with van der Waals surface area (Å²) in [5, 5.41) is 23.2. The molecule has 0 unspecified atom stereocenters. The molecule has 3 atom stereocenters. The molecule has 0 bridgehead atoms. The summed E-state index contributed by atoms with van der Waals surface area (Å²) in [5.74, 6) is -0.913. The molecule has 0 radical (unpaired) electrons. The highest BCUT2D eigenvalue weighted by Gasteiger charge is 2.41. The summed E-state index contributed by atoms with van der Waals surface area (Å²) in [6.07, 6.45) is 0.917. The van der Waals surface area contributed by atoms with Crippen molar-refractivity contribution in [3.05, 3.63) is 51.9 Å². The standard InChI is InChI=1S/C24H28ClN5O5/c1-24(2,3)20(22(34)35)27-21(33)17-9-15(31)11-29(17)18-10-19(32)30-12-16(26-23(30)28(18)4)13-5-7-14(25)8-6-13/h5-8,10,12,15,17,20,31H,9,11H2,1-4H3,(H,27,33)(H,34,35)/t15-,17+,20-/m1/s1. The highest BCUT2D eigenvalue weighted by Crippen LogP contribution is 2.28. The second-order valence-electron chi connectivity index (χ2n) is 9.91. The van der Waals surface area contributed by atoms with E-state index in [4.69, 9.17) is 11.6 Å². The van der Waals surface area contributed by atoms with Gasteiger partial charge in [-0.3, -0.25) is 14.0 Å². The fraction of sp³-hybridized carbons (Fsp3) is 0.417. The highest BCUT2D eigenvalue weighted by molar-refractivity contribution is 6.30. The highest BCUT2D eigenvalue weighted by atomic mass is 35.5. The molecule has 0 aliphatic carbocycles. The predicted molar refractivity (Wildman–Crippen MR) is 132 cm³/mol. The van der Waals surface area contributed by atoms with Gasteiger partial charge in [0.25, 0.3) is 5.56 Å². The third kappa shape index (κ3) is 4.76. The van der Waals surface area contributed by atoms with E-state index in [0.717, 1.165) is 5.56 Å². The summed E-state index contributed by atoms with van der Waals surface area (Å²) < 4.78 is 3.09. The van der Waals surface area contributed by atoms with Gasteiger partial charge in [0.15, 0.2) is 0 Å². The molecule has 1 fully saturated rings. The van der Waals surface area contributed by atoms with Gasteiger partial charge in [-0.05, 0) is 17.5 Å². The van der Waals surface area contributed by atoms with Crippen molar-refractivity contribution >= 4 is 35.1 Å². The molecule has 1 aliphatic rings. The number of aryl methyl sites for hydroxylation is 1. The van der Waals surface area contributed by atoms with Crippen LogP contribution in [-0.4, -0.2) is 60.8 Å². The van der Waals surface area contributed by atoms with Gasteiger partial charge in [0, 0.05) is 42.9 Å². The number of carbonyl (C=O) groups excluding carboxylic acids is 1. The maximum Gasteiger partial charge on any atom is 0.326 e. The van der Waals surface area contributed by atoms with Gasteiger partial charge in [0.2, 0.25) is 11.7 Å². The molecule has 3 N–H and O–H groups in total. The van der Waals surface area contributed by atoms with E-state index in [-0.39, 0.29) is 18.5 Å². The van der Waals surface area contributed by atoms with Crippen LogP contribution < -0.4 is 15.8 Å². The van der Waals surface area contributed by atoms with Crippen LogP contribution in [0, 0.1) is 5.41 Å². The number of anilines is 1. The van der Waals surface area contributed by atoms with Gasteiger partial charge < -0.3 is 25.0 Å². The van der Waals surface area contributed by atoms with Crippen LogP contribution in [0.15, 0.2) is 41.3 Å². The molecule has 1 amide bonds. The SMILES string of the molecule is Cn1c(N2C[C@H](O)C[C@H]2C(=O)N[C@H](C(=O)O)C(C)(C)C)cc(=O)n2cc(-c3ccc(Cl)cc3)nc12. The van der Waals surface area contributed by atoms with Gasteiger partial charge in [-0.2, -0.15) is 0 Å². The zero-order valence-electron chi connectivity index (χ0n) is 19.9. The molecule has 3 heterocycles. The second-order valence-corrected chi connectivity index (χ2v) is 10.3. The minimum atomic E-state index is -1.14. The average Bonchev–Trinajstić information content (AvgIpc) is 3.38. The van der Waals surface area contributed by atoms with Crippen LogP contribution in [0.5, 0.6) is 0 Å². The first-order valence-electron chi connectivity index (χ1n) is 11.2. The number of β-amino-alcohol motifs (C(OH)–C–C–N with tert-alkyl or cyclic N) is 1. The normalized spacial score (nSPS) is 19.2. The Labute approximate surface area is 206 Å². The van der Waals surface area contributed by atoms with Gasteiger partial charge in [0.05, 0.1) is 11.8 Å². The lowest BCUT2D eigenvalue weighted by Crippen LogP contribution is -2.54. The number of carboxylic acids is 1. The van der Waals surface area contributed by atoms with Gasteiger partial charge in [-0.15, -0.1) is 0 Å². The number of hydrogen-bond acceptors (Lipinski definition) is 6. The molecular weight excluding hydrogens is 474 g/mol. The number of imidazole rings is 1. The topological polar surface area (TPSA) is 129 Å². The monoisotopic (exact) mass is 501 g/mol. The Morgan fingerprint density at radius 3 is 2.49 bits per heavy atom. The molecule has 11 heteroatoms. The number of rotatable bonds is 5. The van der Waals surface area contributed by atoms with E-state index in [2.05, 4.69) is 10.3 Å². The van der Waals surface area contributed by atoms with E-state index in [0.29, 0.717) is 22.3 Å². The van der Waals surface area contributed by atoms with E-state index in [9.17, 15) is 24.6 Å². The first kappa shape index (κ1) is 24.7. The number of carbonyl (C=O) groups is 2. The van der Waals surface area contributed by atoms with Crippen LogP contribution in [0.25, 0.3) is 17.0 Å². The summed E-state index contributed by atoms with van der Waals surface area (Å²) in [5.41, 5.74) is 0.300. The Balaban J connectivity index is 1.72. The quantitative estimate of drug-likeness (QED) is 0.487. The number of halogens is 1. The van der Waals surface area contributed by atoms with Crippen LogP contribution in [-0.2, 0) is 16.6 Å². The molecule has 186 valence electrons. The van der Waals surface area contributed by atoms with Crippen molar-refractivity contribution < 1.29 is 19.8 Å².